The number of hydrogen-bond acceptors (Lipinski definition) is 2. The third-order valence-electron chi connectivity index (χ3n) is 2.43. The first kappa shape index (κ1) is 11.1. The first-order valence-electron chi connectivity index (χ1n) is 4.79. The van der Waals surface area contributed by atoms with Gasteiger partial charge in [0.15, 0.2) is 0 Å². The molecular formula is C11H12N2O2S. The highest BCUT2D eigenvalue weighted by Gasteiger charge is 2.03. The molecule has 0 heterocycles. The van der Waals surface area contributed by atoms with Gasteiger partial charge < -0.3 is 5.73 Å². The van der Waals surface area contributed by atoms with E-state index in [1.165, 1.54) is 0 Å². The lowest BCUT2D eigenvalue weighted by Crippen LogP contribution is -2.15. The van der Waals surface area contributed by atoms with Crippen LogP contribution in [0.3, 0.4) is 0 Å². The van der Waals surface area contributed by atoms with Gasteiger partial charge in [0.2, 0.25) is 11.3 Å². The van der Waals surface area contributed by atoms with Crippen molar-refractivity contribution < 1.29 is 8.76 Å². The highest BCUT2D eigenvalue weighted by Crippen LogP contribution is 2.23. The second-order valence-corrected chi connectivity index (χ2v) is 4.22. The number of fused-ring (bicyclic) bond motifs is 1. The Morgan fingerprint density at radius 2 is 1.88 bits per heavy atom. The van der Waals surface area contributed by atoms with Gasteiger partial charge in [0.25, 0.3) is 0 Å². The topological polar surface area (TPSA) is 75.3 Å². The fourth-order valence-electron chi connectivity index (χ4n) is 1.69. The van der Waals surface area contributed by atoms with Crippen LogP contribution in [0.5, 0.6) is 0 Å². The molecule has 2 rings (SSSR count). The lowest BCUT2D eigenvalue weighted by atomic mass is 10.0. The van der Waals surface area contributed by atoms with Crippen LogP contribution in [0.15, 0.2) is 36.4 Å². The van der Waals surface area contributed by atoms with Crippen molar-refractivity contribution in [1.82, 2.24) is 4.72 Å². The Kier molecular flexibility index (Phi) is 3.19. The van der Waals surface area contributed by atoms with E-state index in [2.05, 4.69) is 4.72 Å². The van der Waals surface area contributed by atoms with E-state index < -0.39 is 11.3 Å². The molecule has 16 heavy (non-hydrogen) atoms. The van der Waals surface area contributed by atoms with Crippen LogP contribution in [0.4, 0.5) is 5.69 Å². The first-order chi connectivity index (χ1) is 7.68. The molecule has 5 heteroatoms. The molecule has 0 amide bonds. The highest BCUT2D eigenvalue weighted by molar-refractivity contribution is 7.77. The summed E-state index contributed by atoms with van der Waals surface area (Å²) in [6.07, 6.45) is 0. The molecule has 2 aromatic carbocycles. The van der Waals surface area contributed by atoms with Crippen LogP contribution in [0.2, 0.25) is 0 Å². The van der Waals surface area contributed by atoms with Crippen molar-refractivity contribution in [2.24, 2.45) is 0 Å². The molecule has 4 nitrogen and oxygen atoms in total. The van der Waals surface area contributed by atoms with Gasteiger partial charge in [-0.3, -0.25) is 4.55 Å². The molecule has 0 aromatic heterocycles. The number of benzene rings is 2. The second kappa shape index (κ2) is 4.61. The molecule has 0 aliphatic rings. The van der Waals surface area contributed by atoms with Crippen LogP contribution in [0.25, 0.3) is 10.8 Å². The quantitative estimate of drug-likeness (QED) is 0.560. The lowest BCUT2D eigenvalue weighted by molar-refractivity contribution is 0.549. The van der Waals surface area contributed by atoms with Crippen LogP contribution >= 0.6 is 0 Å². The molecule has 0 bridgehead atoms. The zero-order valence-corrected chi connectivity index (χ0v) is 9.33. The minimum atomic E-state index is -2.00. The number of rotatable bonds is 3. The number of nitrogen functional groups attached to an aromatic ring is 1. The molecule has 4 N–H and O–H groups in total. The maximum absolute atomic E-state index is 10.6. The lowest BCUT2D eigenvalue weighted by Gasteiger charge is -2.07. The third-order valence-corrected chi connectivity index (χ3v) is 2.82. The normalized spacial score (nSPS) is 12.8. The van der Waals surface area contributed by atoms with E-state index in [1.807, 2.05) is 36.4 Å². The van der Waals surface area contributed by atoms with Crippen LogP contribution < -0.4 is 10.5 Å². The number of nitrogens with two attached hydrogens (primary N) is 1. The molecule has 0 saturated heterocycles. The van der Waals surface area contributed by atoms with Crippen LogP contribution in [-0.4, -0.2) is 8.76 Å². The predicted molar refractivity (Wildman–Crippen MR) is 66.0 cm³/mol. The summed E-state index contributed by atoms with van der Waals surface area (Å²) in [6.45, 7) is 0.337. The summed E-state index contributed by atoms with van der Waals surface area (Å²) in [5.41, 5.74) is 7.51. The Hall–Kier alpha value is -1.43. The summed E-state index contributed by atoms with van der Waals surface area (Å²) in [5, 5.41) is 1.96. The Labute approximate surface area is 95.9 Å². The molecule has 0 aliphatic carbocycles. The molecule has 84 valence electrons. The van der Waals surface area contributed by atoms with Crippen molar-refractivity contribution in [3.8, 4) is 0 Å². The average molecular weight is 236 g/mol. The molecule has 0 fully saturated rings. The standard InChI is InChI=1S/C11H12N2O2S/c12-11-6-2-4-9-8(7-13-16(14)15)3-1-5-10(9)11/h1-6,13H,7,12H2,(H,14,15). The summed E-state index contributed by atoms with van der Waals surface area (Å²) < 4.78 is 21.7. The van der Waals surface area contributed by atoms with Gasteiger partial charge in [0.1, 0.15) is 0 Å². The monoisotopic (exact) mass is 236 g/mol. The van der Waals surface area contributed by atoms with Gasteiger partial charge in [-0.2, -0.15) is 0 Å². The maximum atomic E-state index is 10.6. The SMILES string of the molecule is Nc1cccc2c(CNS(=O)O)cccc12. The minimum absolute atomic E-state index is 0.337. The largest absolute Gasteiger partial charge is 0.398 e. The third kappa shape index (κ3) is 2.21. The van der Waals surface area contributed by atoms with Gasteiger partial charge in [-0.15, -0.1) is 0 Å². The van der Waals surface area contributed by atoms with Crippen molar-refractivity contribution in [2.75, 3.05) is 5.73 Å². The van der Waals surface area contributed by atoms with E-state index in [1.54, 1.807) is 0 Å². The number of anilines is 1. The second-order valence-electron chi connectivity index (χ2n) is 3.43. The van der Waals surface area contributed by atoms with E-state index >= 15 is 0 Å². The first-order valence-corrected chi connectivity index (χ1v) is 5.89. The van der Waals surface area contributed by atoms with Crippen molar-refractivity contribution in [2.45, 2.75) is 6.54 Å². The molecule has 2 aromatic rings. The number of nitrogens with one attached hydrogen (secondary N) is 1. The molecule has 1 atom stereocenters. The zero-order valence-electron chi connectivity index (χ0n) is 8.51. The molecule has 0 radical (unpaired) electrons. The van der Waals surface area contributed by atoms with Crippen molar-refractivity contribution in [3.05, 3.63) is 42.0 Å². The average Bonchev–Trinajstić information content (AvgIpc) is 2.27. The van der Waals surface area contributed by atoms with Crippen LogP contribution in [-0.2, 0) is 17.8 Å². The van der Waals surface area contributed by atoms with Gasteiger partial charge in [0, 0.05) is 17.6 Å². The van der Waals surface area contributed by atoms with Gasteiger partial charge in [0.05, 0.1) is 0 Å². The molecule has 0 aliphatic heterocycles. The molecular weight excluding hydrogens is 224 g/mol. The van der Waals surface area contributed by atoms with E-state index in [9.17, 15) is 4.21 Å². The van der Waals surface area contributed by atoms with Crippen molar-refractivity contribution in [1.29, 1.82) is 0 Å². The summed E-state index contributed by atoms with van der Waals surface area (Å²) >= 11 is -2.00. The fraction of sp³-hybridized carbons (Fsp3) is 0.0909. The Morgan fingerprint density at radius 3 is 2.62 bits per heavy atom. The Bertz CT molecular complexity index is 542. The van der Waals surface area contributed by atoms with Crippen molar-refractivity contribution in [3.63, 3.8) is 0 Å². The Balaban J connectivity index is 2.45. The summed E-state index contributed by atoms with van der Waals surface area (Å²) in [6, 6.07) is 11.4. The maximum Gasteiger partial charge on any atom is 0.232 e. The van der Waals surface area contributed by atoms with Gasteiger partial charge in [-0.1, -0.05) is 30.3 Å². The molecule has 0 spiro atoms. The van der Waals surface area contributed by atoms with Gasteiger partial charge in [-0.25, -0.2) is 8.93 Å². The van der Waals surface area contributed by atoms with E-state index in [-0.39, 0.29) is 0 Å². The smallest absolute Gasteiger partial charge is 0.232 e. The zero-order chi connectivity index (χ0) is 11.5. The Morgan fingerprint density at radius 1 is 1.19 bits per heavy atom. The van der Waals surface area contributed by atoms with E-state index in [4.69, 9.17) is 10.3 Å². The minimum Gasteiger partial charge on any atom is -0.398 e. The summed E-state index contributed by atoms with van der Waals surface area (Å²) in [7, 11) is 0. The molecule has 1 unspecified atom stereocenters. The highest BCUT2D eigenvalue weighted by atomic mass is 32.2. The van der Waals surface area contributed by atoms with Crippen molar-refractivity contribution >= 4 is 27.7 Å². The molecule has 0 saturated carbocycles. The fourth-order valence-corrected chi connectivity index (χ4v) is 1.97. The van der Waals surface area contributed by atoms with Crippen LogP contribution in [0.1, 0.15) is 5.56 Å². The van der Waals surface area contributed by atoms with E-state index in [0.29, 0.717) is 12.2 Å². The summed E-state index contributed by atoms with van der Waals surface area (Å²) in [5.74, 6) is 0. The van der Waals surface area contributed by atoms with Gasteiger partial charge in [-0.05, 0) is 17.0 Å². The number of hydrogen-bond donors (Lipinski definition) is 3. The van der Waals surface area contributed by atoms with Crippen LogP contribution in [0, 0.1) is 0 Å². The van der Waals surface area contributed by atoms with Gasteiger partial charge >= 0.3 is 0 Å². The predicted octanol–water partition coefficient (Wildman–Crippen LogP) is 1.65. The van der Waals surface area contributed by atoms with E-state index in [0.717, 1.165) is 16.3 Å². The summed E-state index contributed by atoms with van der Waals surface area (Å²) in [4.78, 5) is 0.